The number of nitrogens with one attached hydrogen (secondary N) is 2. The van der Waals surface area contributed by atoms with Crippen molar-refractivity contribution in [1.82, 2.24) is 10.6 Å². The van der Waals surface area contributed by atoms with Gasteiger partial charge in [0.2, 0.25) is 11.8 Å². The molecule has 0 fully saturated rings. The van der Waals surface area contributed by atoms with Gasteiger partial charge in [-0.1, -0.05) is 27.0 Å². The Morgan fingerprint density at radius 2 is 1.33 bits per heavy atom. The van der Waals surface area contributed by atoms with Crippen molar-refractivity contribution in [1.29, 1.82) is 0 Å². The Bertz CT molecular complexity index is 322. The van der Waals surface area contributed by atoms with Gasteiger partial charge in [0, 0.05) is 18.5 Å². The van der Waals surface area contributed by atoms with Crippen LogP contribution in [0, 0.1) is 5.41 Å². The monoisotopic (exact) mass is 298 g/mol. The minimum Gasteiger partial charge on any atom is -0.379 e. The van der Waals surface area contributed by atoms with Crippen LogP contribution in [0.5, 0.6) is 0 Å². The van der Waals surface area contributed by atoms with E-state index in [1.54, 1.807) is 0 Å². The van der Waals surface area contributed by atoms with Gasteiger partial charge < -0.3 is 20.1 Å². The second kappa shape index (κ2) is 11.0. The standard InChI is InChI=1S/C15H26N2O4/c1-5-13(18)16-7-9-20-11-15(3,4)12-21-10-8-17-14(19)6-2/h5-6H,1-2,7-12H2,3-4H3,(H,16,18)(H,17,19). The fourth-order valence-corrected chi connectivity index (χ4v) is 1.38. The second-order valence-electron chi connectivity index (χ2n) is 5.26. The highest BCUT2D eigenvalue weighted by Crippen LogP contribution is 2.15. The Morgan fingerprint density at radius 1 is 0.952 bits per heavy atom. The van der Waals surface area contributed by atoms with Gasteiger partial charge in [-0.2, -0.15) is 0 Å². The summed E-state index contributed by atoms with van der Waals surface area (Å²) < 4.78 is 11.0. The summed E-state index contributed by atoms with van der Waals surface area (Å²) >= 11 is 0. The molecule has 0 saturated carbocycles. The van der Waals surface area contributed by atoms with E-state index in [1.165, 1.54) is 12.2 Å². The zero-order valence-corrected chi connectivity index (χ0v) is 12.9. The highest BCUT2D eigenvalue weighted by molar-refractivity contribution is 5.87. The summed E-state index contributed by atoms with van der Waals surface area (Å²) in [7, 11) is 0. The zero-order chi connectivity index (χ0) is 16.1. The smallest absolute Gasteiger partial charge is 0.243 e. The fraction of sp³-hybridized carbons (Fsp3) is 0.600. The Balaban J connectivity index is 3.59. The first kappa shape index (κ1) is 19.3. The summed E-state index contributed by atoms with van der Waals surface area (Å²) in [5.74, 6) is -0.412. The van der Waals surface area contributed by atoms with Crippen LogP contribution in [0.4, 0.5) is 0 Å². The first-order valence-electron chi connectivity index (χ1n) is 6.87. The molecule has 0 aromatic carbocycles. The molecule has 120 valence electrons. The molecule has 21 heavy (non-hydrogen) atoms. The zero-order valence-electron chi connectivity index (χ0n) is 12.9. The summed E-state index contributed by atoms with van der Waals surface area (Å²) in [6.07, 6.45) is 2.45. The summed E-state index contributed by atoms with van der Waals surface area (Å²) in [6, 6.07) is 0. The quantitative estimate of drug-likeness (QED) is 0.410. The Morgan fingerprint density at radius 3 is 1.67 bits per heavy atom. The van der Waals surface area contributed by atoms with Crippen molar-refractivity contribution in [2.45, 2.75) is 13.8 Å². The average Bonchev–Trinajstić information content (AvgIpc) is 2.45. The molecule has 0 rings (SSSR count). The van der Waals surface area contributed by atoms with Crippen LogP contribution < -0.4 is 10.6 Å². The molecule has 0 aromatic heterocycles. The van der Waals surface area contributed by atoms with Crippen LogP contribution in [0.2, 0.25) is 0 Å². The summed E-state index contributed by atoms with van der Waals surface area (Å²) in [5, 5.41) is 5.27. The van der Waals surface area contributed by atoms with Gasteiger partial charge in [0.1, 0.15) is 0 Å². The van der Waals surface area contributed by atoms with E-state index < -0.39 is 0 Å². The molecule has 6 nitrogen and oxygen atoms in total. The normalized spacial score (nSPS) is 10.8. The average molecular weight is 298 g/mol. The third-order valence-corrected chi connectivity index (χ3v) is 2.45. The maximum Gasteiger partial charge on any atom is 0.243 e. The second-order valence-corrected chi connectivity index (χ2v) is 5.26. The predicted molar refractivity (Wildman–Crippen MR) is 81.8 cm³/mol. The molecule has 0 atom stereocenters. The SMILES string of the molecule is C=CC(=O)NCCOCC(C)(C)COCCNC(=O)C=C. The van der Waals surface area contributed by atoms with E-state index in [0.717, 1.165) is 0 Å². The van der Waals surface area contributed by atoms with Gasteiger partial charge in [-0.15, -0.1) is 0 Å². The number of carbonyl (C=O) groups is 2. The van der Waals surface area contributed by atoms with Crippen LogP contribution in [0.1, 0.15) is 13.8 Å². The van der Waals surface area contributed by atoms with Crippen molar-refractivity contribution in [2.75, 3.05) is 39.5 Å². The number of ether oxygens (including phenoxy) is 2. The highest BCUT2D eigenvalue weighted by Gasteiger charge is 2.18. The van der Waals surface area contributed by atoms with Crippen molar-refractivity contribution in [3.05, 3.63) is 25.3 Å². The van der Waals surface area contributed by atoms with Crippen molar-refractivity contribution in [2.24, 2.45) is 5.41 Å². The molecule has 2 amide bonds. The van der Waals surface area contributed by atoms with E-state index in [9.17, 15) is 9.59 Å². The molecular formula is C15H26N2O4. The molecule has 6 heteroatoms. The third kappa shape index (κ3) is 11.8. The molecule has 0 radical (unpaired) electrons. The van der Waals surface area contributed by atoms with E-state index in [4.69, 9.17) is 9.47 Å². The molecule has 0 saturated heterocycles. The first-order chi connectivity index (χ1) is 9.91. The number of hydrogen-bond acceptors (Lipinski definition) is 4. The van der Waals surface area contributed by atoms with Crippen LogP contribution in [0.25, 0.3) is 0 Å². The topological polar surface area (TPSA) is 76.7 Å². The Kier molecular flexibility index (Phi) is 10.2. The number of carbonyl (C=O) groups excluding carboxylic acids is 2. The third-order valence-electron chi connectivity index (χ3n) is 2.45. The van der Waals surface area contributed by atoms with E-state index in [1.807, 2.05) is 13.8 Å². The van der Waals surface area contributed by atoms with E-state index in [0.29, 0.717) is 39.5 Å². The van der Waals surface area contributed by atoms with Crippen LogP contribution in [0.15, 0.2) is 25.3 Å². The molecule has 0 bridgehead atoms. The molecule has 0 heterocycles. The van der Waals surface area contributed by atoms with Gasteiger partial charge in [0.25, 0.3) is 0 Å². The van der Waals surface area contributed by atoms with Crippen molar-refractivity contribution in [3.8, 4) is 0 Å². The molecule has 0 spiro atoms. The maximum absolute atomic E-state index is 10.9. The number of rotatable bonds is 12. The predicted octanol–water partition coefficient (Wildman–Crippen LogP) is 0.650. The van der Waals surface area contributed by atoms with Crippen LogP contribution in [-0.4, -0.2) is 51.3 Å². The van der Waals surface area contributed by atoms with Crippen LogP contribution in [0.3, 0.4) is 0 Å². The molecule has 0 aliphatic rings. The van der Waals surface area contributed by atoms with Gasteiger partial charge in [0.05, 0.1) is 26.4 Å². The van der Waals surface area contributed by atoms with Crippen LogP contribution in [-0.2, 0) is 19.1 Å². The van der Waals surface area contributed by atoms with Gasteiger partial charge >= 0.3 is 0 Å². The molecule has 2 N–H and O–H groups in total. The van der Waals surface area contributed by atoms with E-state index >= 15 is 0 Å². The van der Waals surface area contributed by atoms with Crippen molar-refractivity contribution < 1.29 is 19.1 Å². The van der Waals surface area contributed by atoms with E-state index in [2.05, 4.69) is 23.8 Å². The largest absolute Gasteiger partial charge is 0.379 e. The summed E-state index contributed by atoms with van der Waals surface area (Å²) in [6.45, 7) is 13.6. The molecular weight excluding hydrogens is 272 g/mol. The first-order valence-corrected chi connectivity index (χ1v) is 6.87. The number of hydrogen-bond donors (Lipinski definition) is 2. The highest BCUT2D eigenvalue weighted by atomic mass is 16.5. The van der Waals surface area contributed by atoms with Gasteiger partial charge in [-0.3, -0.25) is 9.59 Å². The number of amides is 2. The van der Waals surface area contributed by atoms with Gasteiger partial charge in [0.15, 0.2) is 0 Å². The van der Waals surface area contributed by atoms with Gasteiger partial charge in [-0.25, -0.2) is 0 Å². The minimum absolute atomic E-state index is 0.134. The van der Waals surface area contributed by atoms with Crippen molar-refractivity contribution in [3.63, 3.8) is 0 Å². The summed E-state index contributed by atoms with van der Waals surface area (Å²) in [5.41, 5.74) is -0.134. The molecule has 0 aromatic rings. The minimum atomic E-state index is -0.206. The lowest BCUT2D eigenvalue weighted by Crippen LogP contribution is -2.31. The Labute approximate surface area is 126 Å². The molecule has 0 aliphatic carbocycles. The Hall–Kier alpha value is -1.66. The summed E-state index contributed by atoms with van der Waals surface area (Å²) in [4.78, 5) is 21.8. The van der Waals surface area contributed by atoms with Crippen LogP contribution >= 0.6 is 0 Å². The van der Waals surface area contributed by atoms with E-state index in [-0.39, 0.29) is 17.2 Å². The fourth-order valence-electron chi connectivity index (χ4n) is 1.38. The lowest BCUT2D eigenvalue weighted by atomic mass is 9.96. The lowest BCUT2D eigenvalue weighted by Gasteiger charge is -2.24. The van der Waals surface area contributed by atoms with Gasteiger partial charge in [-0.05, 0) is 12.2 Å². The van der Waals surface area contributed by atoms with Crippen molar-refractivity contribution >= 4 is 11.8 Å². The molecule has 0 unspecified atom stereocenters. The maximum atomic E-state index is 10.9. The molecule has 0 aliphatic heterocycles. The lowest BCUT2D eigenvalue weighted by molar-refractivity contribution is -0.117.